The van der Waals surface area contributed by atoms with Crippen LogP contribution in [-0.4, -0.2) is 20.2 Å². The van der Waals surface area contributed by atoms with Gasteiger partial charge in [-0.15, -0.1) is 23.4 Å². The second kappa shape index (κ2) is 13.6. The largest absolute Gasteiger partial charge is 0.461 e. The molecule has 244 valence electrons. The minimum absolute atomic E-state index is 0.417. The standard InChI is InChI=1S/C44H36N4O2/c1-3-13-31-25-27-39(45-31)41(35-23-11-17-29-15-5-7-19-33(29)35)49-43-37-21-9-10-22-38(37)44(48-47-43)50-42(40-28-26-32(46-40)14-4-2)36-24-12-18-30-16-6-8-20-34(30)36/h3-12,15-28,41-42,45-46H,1-2,13-14H2/t41-,42-/m0/s1. The molecule has 3 heterocycles. The SMILES string of the molecule is C=CCc1ccc([C@@H](Oc2nnc(O[C@H](c3ccc(CC=C)[nH]3)c3cccc4ccccc34)c3ccccc23)c2cccc3ccccc23)[nH]1. The summed E-state index contributed by atoms with van der Waals surface area (Å²) in [6.45, 7) is 7.83. The van der Waals surface area contributed by atoms with Crippen LogP contribution >= 0.6 is 0 Å². The van der Waals surface area contributed by atoms with Gasteiger partial charge in [-0.3, -0.25) is 0 Å². The maximum Gasteiger partial charge on any atom is 0.242 e. The van der Waals surface area contributed by atoms with Crippen molar-refractivity contribution in [2.45, 2.75) is 25.0 Å². The summed E-state index contributed by atoms with van der Waals surface area (Å²) in [5, 5.41) is 15.5. The van der Waals surface area contributed by atoms with Crippen LogP contribution in [0.4, 0.5) is 0 Å². The highest BCUT2D eigenvalue weighted by atomic mass is 16.5. The molecule has 8 rings (SSSR count). The van der Waals surface area contributed by atoms with E-state index in [-0.39, 0.29) is 0 Å². The van der Waals surface area contributed by atoms with Gasteiger partial charge < -0.3 is 19.4 Å². The molecule has 0 bridgehead atoms. The predicted molar refractivity (Wildman–Crippen MR) is 202 cm³/mol. The van der Waals surface area contributed by atoms with Crippen molar-refractivity contribution in [3.8, 4) is 11.8 Å². The van der Waals surface area contributed by atoms with Crippen molar-refractivity contribution in [2.24, 2.45) is 0 Å². The third-order valence-electron chi connectivity index (χ3n) is 9.12. The van der Waals surface area contributed by atoms with Crippen molar-refractivity contribution >= 4 is 32.3 Å². The van der Waals surface area contributed by atoms with E-state index >= 15 is 0 Å². The van der Waals surface area contributed by atoms with Crippen LogP contribution in [0, 0.1) is 0 Å². The topological polar surface area (TPSA) is 75.8 Å². The van der Waals surface area contributed by atoms with Gasteiger partial charge in [0, 0.05) is 35.4 Å². The van der Waals surface area contributed by atoms with E-state index in [0.29, 0.717) is 11.8 Å². The highest BCUT2D eigenvalue weighted by Gasteiger charge is 2.26. The van der Waals surface area contributed by atoms with E-state index in [0.717, 1.165) is 79.1 Å². The molecule has 0 saturated carbocycles. The summed E-state index contributed by atoms with van der Waals surface area (Å²) in [4.78, 5) is 7.13. The van der Waals surface area contributed by atoms with E-state index in [2.05, 4.69) is 132 Å². The first-order chi connectivity index (χ1) is 24.7. The van der Waals surface area contributed by atoms with Crippen LogP contribution in [0.15, 0.2) is 159 Å². The van der Waals surface area contributed by atoms with Gasteiger partial charge in [0.25, 0.3) is 0 Å². The van der Waals surface area contributed by atoms with E-state index in [1.807, 2.05) is 36.4 Å². The molecule has 0 aliphatic heterocycles. The number of H-pyrrole nitrogens is 2. The molecular formula is C44H36N4O2. The second-order valence-corrected chi connectivity index (χ2v) is 12.4. The number of hydrogen-bond acceptors (Lipinski definition) is 4. The number of fused-ring (bicyclic) bond motifs is 3. The number of benzene rings is 5. The molecule has 6 heteroatoms. The molecule has 8 aromatic rings. The monoisotopic (exact) mass is 652 g/mol. The van der Waals surface area contributed by atoms with Crippen LogP contribution in [0.25, 0.3) is 32.3 Å². The van der Waals surface area contributed by atoms with Crippen LogP contribution in [0.3, 0.4) is 0 Å². The fraction of sp³-hybridized carbons (Fsp3) is 0.0909. The van der Waals surface area contributed by atoms with Gasteiger partial charge >= 0.3 is 0 Å². The number of nitrogens with zero attached hydrogens (tertiary/aromatic N) is 2. The van der Waals surface area contributed by atoms with Gasteiger partial charge in [0.2, 0.25) is 11.8 Å². The molecule has 0 aliphatic rings. The predicted octanol–water partition coefficient (Wildman–Crippen LogP) is 10.4. The molecule has 50 heavy (non-hydrogen) atoms. The molecule has 2 atom stereocenters. The fourth-order valence-corrected chi connectivity index (χ4v) is 6.77. The van der Waals surface area contributed by atoms with Gasteiger partial charge in [-0.25, -0.2) is 0 Å². The normalized spacial score (nSPS) is 12.6. The number of hydrogen-bond donors (Lipinski definition) is 2. The van der Waals surface area contributed by atoms with Gasteiger partial charge in [0.15, 0.2) is 12.2 Å². The average molecular weight is 653 g/mol. The fourth-order valence-electron chi connectivity index (χ4n) is 6.77. The zero-order chi connectivity index (χ0) is 33.9. The smallest absolute Gasteiger partial charge is 0.242 e. The van der Waals surface area contributed by atoms with Gasteiger partial charge in [-0.1, -0.05) is 109 Å². The van der Waals surface area contributed by atoms with Crippen LogP contribution in [0.2, 0.25) is 0 Å². The van der Waals surface area contributed by atoms with Crippen molar-refractivity contribution in [3.05, 3.63) is 193 Å². The van der Waals surface area contributed by atoms with Crippen LogP contribution in [0.1, 0.15) is 46.1 Å². The lowest BCUT2D eigenvalue weighted by molar-refractivity contribution is 0.222. The van der Waals surface area contributed by atoms with Crippen molar-refractivity contribution in [1.82, 2.24) is 20.2 Å². The van der Waals surface area contributed by atoms with E-state index in [1.54, 1.807) is 0 Å². The van der Waals surface area contributed by atoms with Gasteiger partial charge in [-0.05, 0) is 57.9 Å². The molecule has 3 aromatic heterocycles. The minimum atomic E-state index is -0.477. The lowest BCUT2D eigenvalue weighted by atomic mass is 9.98. The van der Waals surface area contributed by atoms with Gasteiger partial charge in [-0.2, -0.15) is 0 Å². The van der Waals surface area contributed by atoms with Crippen LogP contribution < -0.4 is 9.47 Å². The first kappa shape index (κ1) is 30.9. The Hall–Kier alpha value is -6.40. The maximum absolute atomic E-state index is 6.91. The summed E-state index contributed by atoms with van der Waals surface area (Å²) in [7, 11) is 0. The number of nitrogens with one attached hydrogen (secondary N) is 2. The molecular weight excluding hydrogens is 617 g/mol. The Balaban J connectivity index is 1.23. The van der Waals surface area contributed by atoms with Crippen LogP contribution in [0.5, 0.6) is 11.8 Å². The Morgan fingerprint density at radius 1 is 0.480 bits per heavy atom. The molecule has 0 saturated heterocycles. The van der Waals surface area contributed by atoms with Gasteiger partial charge in [0.1, 0.15) is 0 Å². The third kappa shape index (κ3) is 5.92. The number of aromatic nitrogens is 4. The first-order valence-corrected chi connectivity index (χ1v) is 16.8. The summed E-state index contributed by atoms with van der Waals surface area (Å²) < 4.78 is 13.8. The summed E-state index contributed by atoms with van der Waals surface area (Å²) in [6.07, 6.45) is 4.28. The molecule has 0 amide bonds. The number of aromatic amines is 2. The Labute approximate surface area is 290 Å². The molecule has 0 fully saturated rings. The van der Waals surface area contributed by atoms with E-state index in [4.69, 9.17) is 19.7 Å². The van der Waals surface area contributed by atoms with Crippen molar-refractivity contribution in [1.29, 1.82) is 0 Å². The lowest BCUT2D eigenvalue weighted by Crippen LogP contribution is -2.14. The van der Waals surface area contributed by atoms with E-state index in [9.17, 15) is 0 Å². The Morgan fingerprint density at radius 3 is 1.32 bits per heavy atom. The average Bonchev–Trinajstić information content (AvgIpc) is 3.83. The highest BCUT2D eigenvalue weighted by Crippen LogP contribution is 2.39. The second-order valence-electron chi connectivity index (χ2n) is 12.4. The minimum Gasteiger partial charge on any atom is -0.461 e. The third-order valence-corrected chi connectivity index (χ3v) is 9.12. The quantitative estimate of drug-likeness (QED) is 0.129. The Bertz CT molecular complexity index is 2290. The lowest BCUT2D eigenvalue weighted by Gasteiger charge is -2.23. The maximum atomic E-state index is 6.91. The Kier molecular flexibility index (Phi) is 8.41. The summed E-state index contributed by atoms with van der Waals surface area (Å²) >= 11 is 0. The van der Waals surface area contributed by atoms with E-state index < -0.39 is 12.2 Å². The van der Waals surface area contributed by atoms with E-state index in [1.165, 1.54) is 0 Å². The van der Waals surface area contributed by atoms with Crippen molar-refractivity contribution in [2.75, 3.05) is 0 Å². The number of allylic oxidation sites excluding steroid dienone is 2. The zero-order valence-electron chi connectivity index (χ0n) is 27.6. The Morgan fingerprint density at radius 2 is 0.880 bits per heavy atom. The van der Waals surface area contributed by atoms with Crippen molar-refractivity contribution in [3.63, 3.8) is 0 Å². The molecule has 0 unspecified atom stereocenters. The van der Waals surface area contributed by atoms with Gasteiger partial charge in [0.05, 0.1) is 22.2 Å². The zero-order valence-corrected chi connectivity index (χ0v) is 27.6. The number of rotatable bonds is 12. The molecule has 0 radical (unpaired) electrons. The molecule has 0 aliphatic carbocycles. The summed E-state index contributed by atoms with van der Waals surface area (Å²) in [6, 6.07) is 45.6. The first-order valence-electron chi connectivity index (χ1n) is 16.8. The molecule has 0 spiro atoms. The van der Waals surface area contributed by atoms with Crippen molar-refractivity contribution < 1.29 is 9.47 Å². The molecule has 2 N–H and O–H groups in total. The highest BCUT2D eigenvalue weighted by molar-refractivity contribution is 5.91. The summed E-state index contributed by atoms with van der Waals surface area (Å²) in [5.41, 5.74) is 6.01. The molecule has 5 aromatic carbocycles. The molecule has 6 nitrogen and oxygen atoms in total. The van der Waals surface area contributed by atoms with Crippen LogP contribution in [-0.2, 0) is 12.8 Å². The summed E-state index contributed by atoms with van der Waals surface area (Å²) in [5.74, 6) is 0.834. The number of ether oxygens (including phenoxy) is 2.